The number of H-pyrrole nitrogens is 1. The lowest BCUT2D eigenvalue weighted by Gasteiger charge is -2.04. The van der Waals surface area contributed by atoms with E-state index >= 15 is 0 Å². The van der Waals surface area contributed by atoms with E-state index < -0.39 is 4.92 Å². The number of aromatic amines is 1. The van der Waals surface area contributed by atoms with Gasteiger partial charge in [0.15, 0.2) is 0 Å². The van der Waals surface area contributed by atoms with E-state index in [-0.39, 0.29) is 11.2 Å². The lowest BCUT2D eigenvalue weighted by molar-refractivity contribution is -0.385. The van der Waals surface area contributed by atoms with E-state index in [2.05, 4.69) is 10.1 Å². The van der Waals surface area contributed by atoms with E-state index in [0.29, 0.717) is 38.8 Å². The fourth-order valence-electron chi connectivity index (χ4n) is 2.75. The van der Waals surface area contributed by atoms with Crippen LogP contribution < -0.4 is 5.56 Å². The van der Waals surface area contributed by atoms with Crippen molar-refractivity contribution in [3.8, 4) is 5.69 Å². The number of aliphatic imine (C=N–C) groups is 1. The van der Waals surface area contributed by atoms with Gasteiger partial charge in [-0.2, -0.15) is 0 Å². The van der Waals surface area contributed by atoms with Crippen LogP contribution in [-0.4, -0.2) is 20.9 Å². The molecule has 0 amide bonds. The van der Waals surface area contributed by atoms with Gasteiger partial charge in [-0.25, -0.2) is 4.68 Å². The summed E-state index contributed by atoms with van der Waals surface area (Å²) in [4.78, 5) is 27.7. The molecule has 0 aliphatic heterocycles. The zero-order valence-electron chi connectivity index (χ0n) is 15.0. The van der Waals surface area contributed by atoms with Gasteiger partial charge in [-0.15, -0.1) is 0 Å². The Morgan fingerprint density at radius 2 is 1.78 bits per heavy atom. The van der Waals surface area contributed by atoms with Gasteiger partial charge in [-0.3, -0.25) is 25.0 Å². The Morgan fingerprint density at radius 1 is 1.11 bits per heavy atom. The van der Waals surface area contributed by atoms with Gasteiger partial charge in [0.1, 0.15) is 0 Å². The van der Waals surface area contributed by atoms with Crippen LogP contribution in [0.1, 0.15) is 22.4 Å². The monoisotopic (exact) mass is 384 g/mol. The van der Waals surface area contributed by atoms with E-state index in [1.807, 2.05) is 0 Å². The Morgan fingerprint density at radius 3 is 2.41 bits per heavy atom. The number of hydrogen-bond acceptors (Lipinski definition) is 4. The molecule has 0 aliphatic carbocycles. The number of nitro groups is 1. The Kier molecular flexibility index (Phi) is 4.96. The largest absolute Gasteiger partial charge is 0.295 e. The van der Waals surface area contributed by atoms with Crippen LogP contribution in [0.3, 0.4) is 0 Å². The summed E-state index contributed by atoms with van der Waals surface area (Å²) < 4.78 is 1.42. The molecule has 3 aromatic rings. The Labute approximate surface area is 160 Å². The SMILES string of the molecule is Cc1[nH]n(-c2ccc(Cl)cc2)c(=O)c1C=Nc1ccc([N+](=O)[O-])c(C)c1C. The van der Waals surface area contributed by atoms with Gasteiger partial charge >= 0.3 is 0 Å². The number of nitrogens with one attached hydrogen (secondary N) is 1. The molecule has 0 atom stereocenters. The third-order valence-corrected chi connectivity index (χ3v) is 4.71. The summed E-state index contributed by atoms with van der Waals surface area (Å²) in [6.07, 6.45) is 1.48. The normalized spacial score (nSPS) is 11.3. The van der Waals surface area contributed by atoms with Crippen molar-refractivity contribution >= 4 is 29.2 Å². The molecule has 8 heteroatoms. The summed E-state index contributed by atoms with van der Waals surface area (Å²) in [7, 11) is 0. The lowest BCUT2D eigenvalue weighted by atomic mass is 10.1. The van der Waals surface area contributed by atoms with Crippen molar-refractivity contribution in [2.45, 2.75) is 20.8 Å². The molecule has 0 radical (unpaired) electrons. The quantitative estimate of drug-likeness (QED) is 0.410. The van der Waals surface area contributed by atoms with Gasteiger partial charge in [0.25, 0.3) is 11.2 Å². The third kappa shape index (κ3) is 3.54. The van der Waals surface area contributed by atoms with Gasteiger partial charge in [0.2, 0.25) is 0 Å². The minimum Gasteiger partial charge on any atom is -0.295 e. The van der Waals surface area contributed by atoms with Crippen molar-refractivity contribution in [1.82, 2.24) is 9.78 Å². The summed E-state index contributed by atoms with van der Waals surface area (Å²) in [6, 6.07) is 9.89. The maximum atomic E-state index is 12.7. The molecule has 1 aromatic heterocycles. The molecule has 1 heterocycles. The molecular formula is C19H17ClN4O3. The molecule has 0 bridgehead atoms. The van der Waals surface area contributed by atoms with Gasteiger partial charge in [0.05, 0.1) is 21.9 Å². The first-order valence-corrected chi connectivity index (χ1v) is 8.53. The van der Waals surface area contributed by atoms with Crippen LogP contribution in [0.5, 0.6) is 0 Å². The number of halogens is 1. The number of rotatable bonds is 4. The molecule has 138 valence electrons. The van der Waals surface area contributed by atoms with Crippen molar-refractivity contribution in [1.29, 1.82) is 0 Å². The van der Waals surface area contributed by atoms with Crippen LogP contribution in [0.25, 0.3) is 5.69 Å². The van der Waals surface area contributed by atoms with Crippen molar-refractivity contribution in [2.75, 3.05) is 0 Å². The molecule has 0 saturated carbocycles. The highest BCUT2D eigenvalue weighted by atomic mass is 35.5. The number of nitro benzene ring substituents is 1. The minimum atomic E-state index is -0.420. The van der Waals surface area contributed by atoms with Crippen molar-refractivity contribution in [3.63, 3.8) is 0 Å². The van der Waals surface area contributed by atoms with E-state index in [1.54, 1.807) is 51.1 Å². The fourth-order valence-corrected chi connectivity index (χ4v) is 2.87. The Bertz CT molecular complexity index is 1110. The predicted octanol–water partition coefficient (Wildman–Crippen LogP) is 4.40. The van der Waals surface area contributed by atoms with E-state index in [1.165, 1.54) is 17.0 Å². The van der Waals surface area contributed by atoms with Gasteiger partial charge in [-0.1, -0.05) is 11.6 Å². The summed E-state index contributed by atoms with van der Waals surface area (Å²) >= 11 is 5.89. The van der Waals surface area contributed by atoms with E-state index in [9.17, 15) is 14.9 Å². The second kappa shape index (κ2) is 7.20. The molecule has 0 aliphatic rings. The zero-order chi connectivity index (χ0) is 19.7. The average molecular weight is 385 g/mol. The van der Waals surface area contributed by atoms with Crippen LogP contribution in [0.2, 0.25) is 5.02 Å². The van der Waals surface area contributed by atoms with Crippen LogP contribution >= 0.6 is 11.6 Å². The summed E-state index contributed by atoms with van der Waals surface area (Å²) in [5.41, 5.74) is 3.39. The fraction of sp³-hybridized carbons (Fsp3) is 0.158. The zero-order valence-corrected chi connectivity index (χ0v) is 15.7. The maximum Gasteiger partial charge on any atom is 0.280 e. The van der Waals surface area contributed by atoms with Crippen molar-refractivity contribution in [2.24, 2.45) is 4.99 Å². The smallest absolute Gasteiger partial charge is 0.280 e. The molecule has 0 spiro atoms. The van der Waals surface area contributed by atoms with E-state index in [0.717, 1.165) is 0 Å². The van der Waals surface area contributed by atoms with Gasteiger partial charge in [0, 0.05) is 28.6 Å². The lowest BCUT2D eigenvalue weighted by Crippen LogP contribution is -2.17. The highest BCUT2D eigenvalue weighted by Gasteiger charge is 2.15. The van der Waals surface area contributed by atoms with Gasteiger partial charge < -0.3 is 0 Å². The van der Waals surface area contributed by atoms with E-state index in [4.69, 9.17) is 11.6 Å². The maximum absolute atomic E-state index is 12.7. The van der Waals surface area contributed by atoms with Crippen LogP contribution in [0.4, 0.5) is 11.4 Å². The molecule has 1 N–H and O–H groups in total. The van der Waals surface area contributed by atoms with Crippen molar-refractivity contribution in [3.05, 3.63) is 84.3 Å². The highest BCUT2D eigenvalue weighted by Crippen LogP contribution is 2.29. The number of hydrogen-bond donors (Lipinski definition) is 1. The van der Waals surface area contributed by atoms with Crippen LogP contribution in [-0.2, 0) is 0 Å². The second-order valence-corrected chi connectivity index (χ2v) is 6.57. The minimum absolute atomic E-state index is 0.0503. The van der Waals surface area contributed by atoms with Crippen LogP contribution in [0, 0.1) is 30.9 Å². The Balaban J connectivity index is 2.00. The van der Waals surface area contributed by atoms with Gasteiger partial charge in [-0.05, 0) is 56.7 Å². The highest BCUT2D eigenvalue weighted by molar-refractivity contribution is 6.30. The standard InChI is InChI=1S/C19H17ClN4O3/c1-11-12(2)18(24(26)27)9-8-17(11)21-10-16-13(3)22-23(19(16)25)15-6-4-14(20)5-7-15/h4-10,22H,1-3H3. The molecule has 7 nitrogen and oxygen atoms in total. The predicted molar refractivity (Wildman–Crippen MR) is 106 cm³/mol. The summed E-state index contributed by atoms with van der Waals surface area (Å²) in [6.45, 7) is 5.23. The molecule has 2 aromatic carbocycles. The number of aryl methyl sites for hydroxylation is 1. The molecular weight excluding hydrogens is 368 g/mol. The summed E-state index contributed by atoms with van der Waals surface area (Å²) in [5, 5.41) is 14.6. The molecule has 3 rings (SSSR count). The second-order valence-electron chi connectivity index (χ2n) is 6.14. The third-order valence-electron chi connectivity index (χ3n) is 4.46. The Hall–Kier alpha value is -3.19. The van der Waals surface area contributed by atoms with Crippen LogP contribution in [0.15, 0.2) is 46.2 Å². The number of aromatic nitrogens is 2. The first-order valence-electron chi connectivity index (χ1n) is 8.16. The first kappa shape index (κ1) is 18.6. The summed E-state index contributed by atoms with van der Waals surface area (Å²) in [5.74, 6) is 0. The molecule has 0 saturated heterocycles. The molecule has 27 heavy (non-hydrogen) atoms. The first-order chi connectivity index (χ1) is 12.8. The number of nitrogens with zero attached hydrogens (tertiary/aromatic N) is 3. The number of benzene rings is 2. The van der Waals surface area contributed by atoms with Crippen molar-refractivity contribution < 1.29 is 4.92 Å². The molecule has 0 unspecified atom stereocenters. The average Bonchev–Trinajstić information content (AvgIpc) is 2.91. The topological polar surface area (TPSA) is 93.3 Å². The molecule has 0 fully saturated rings.